The van der Waals surface area contributed by atoms with Gasteiger partial charge in [-0.2, -0.15) is 0 Å². The molecule has 0 saturated carbocycles. The van der Waals surface area contributed by atoms with E-state index in [9.17, 15) is 9.59 Å². The highest BCUT2D eigenvalue weighted by molar-refractivity contribution is 5.90. The number of carbonyl (C=O) groups excluding carboxylic acids is 1. The van der Waals surface area contributed by atoms with Crippen LogP contribution in [0, 0.1) is 13.8 Å². The second-order valence-corrected chi connectivity index (χ2v) is 4.83. The van der Waals surface area contributed by atoms with Gasteiger partial charge in [0, 0.05) is 30.9 Å². The van der Waals surface area contributed by atoms with Crippen LogP contribution in [0.1, 0.15) is 17.5 Å². The molecule has 1 amide bonds. The molecule has 0 spiro atoms. The SMILES string of the molecule is Cc1ccc(NC(=O)CCn2ccccc2=O)cc1C. The molecule has 4 nitrogen and oxygen atoms in total. The number of hydrogen-bond acceptors (Lipinski definition) is 2. The summed E-state index contributed by atoms with van der Waals surface area (Å²) in [5.74, 6) is -0.0935. The maximum Gasteiger partial charge on any atom is 0.250 e. The average molecular weight is 270 g/mol. The Hall–Kier alpha value is -2.36. The third-order valence-electron chi connectivity index (χ3n) is 3.27. The lowest BCUT2D eigenvalue weighted by Crippen LogP contribution is -2.21. The maximum atomic E-state index is 11.9. The summed E-state index contributed by atoms with van der Waals surface area (Å²) in [6.07, 6.45) is 1.96. The molecule has 1 heterocycles. The van der Waals surface area contributed by atoms with Crippen molar-refractivity contribution >= 4 is 11.6 Å². The molecule has 0 fully saturated rings. The van der Waals surface area contributed by atoms with E-state index in [2.05, 4.69) is 5.32 Å². The average Bonchev–Trinajstić information content (AvgIpc) is 2.42. The third kappa shape index (κ3) is 3.57. The minimum absolute atomic E-state index is 0.0912. The monoisotopic (exact) mass is 270 g/mol. The minimum atomic E-state index is -0.0935. The summed E-state index contributed by atoms with van der Waals surface area (Å²) < 4.78 is 1.53. The molecule has 0 aliphatic heterocycles. The van der Waals surface area contributed by atoms with Gasteiger partial charge in [0.2, 0.25) is 5.91 Å². The van der Waals surface area contributed by atoms with E-state index < -0.39 is 0 Å². The van der Waals surface area contributed by atoms with Crippen molar-refractivity contribution in [1.29, 1.82) is 0 Å². The Morgan fingerprint density at radius 2 is 1.95 bits per heavy atom. The fraction of sp³-hybridized carbons (Fsp3) is 0.250. The van der Waals surface area contributed by atoms with Gasteiger partial charge in [-0.1, -0.05) is 12.1 Å². The van der Waals surface area contributed by atoms with Gasteiger partial charge < -0.3 is 9.88 Å². The summed E-state index contributed by atoms with van der Waals surface area (Å²) in [4.78, 5) is 23.4. The molecular formula is C16H18N2O2. The van der Waals surface area contributed by atoms with Crippen LogP contribution in [0.3, 0.4) is 0 Å². The van der Waals surface area contributed by atoms with Crippen LogP contribution >= 0.6 is 0 Å². The molecule has 0 radical (unpaired) electrons. The number of amides is 1. The van der Waals surface area contributed by atoms with Crippen LogP contribution in [0.5, 0.6) is 0 Å². The van der Waals surface area contributed by atoms with Gasteiger partial charge in [0.05, 0.1) is 0 Å². The van der Waals surface area contributed by atoms with E-state index in [-0.39, 0.29) is 17.9 Å². The number of aromatic nitrogens is 1. The molecular weight excluding hydrogens is 252 g/mol. The van der Waals surface area contributed by atoms with E-state index in [0.29, 0.717) is 6.54 Å². The van der Waals surface area contributed by atoms with Crippen molar-refractivity contribution in [2.45, 2.75) is 26.8 Å². The first-order chi connectivity index (χ1) is 9.56. The second kappa shape index (κ2) is 6.19. The van der Waals surface area contributed by atoms with Gasteiger partial charge in [-0.05, 0) is 43.2 Å². The van der Waals surface area contributed by atoms with Crippen LogP contribution in [-0.4, -0.2) is 10.5 Å². The Morgan fingerprint density at radius 1 is 1.15 bits per heavy atom. The summed E-state index contributed by atoms with van der Waals surface area (Å²) in [6, 6.07) is 10.8. The summed E-state index contributed by atoms with van der Waals surface area (Å²) in [5, 5.41) is 2.85. The van der Waals surface area contributed by atoms with Crippen LogP contribution in [0.2, 0.25) is 0 Å². The van der Waals surface area contributed by atoms with Crippen LogP contribution in [-0.2, 0) is 11.3 Å². The molecule has 4 heteroatoms. The topological polar surface area (TPSA) is 51.1 Å². The Bertz CT molecular complexity index is 674. The number of hydrogen-bond donors (Lipinski definition) is 1. The fourth-order valence-electron chi connectivity index (χ4n) is 1.91. The molecule has 1 aromatic carbocycles. The molecule has 0 aliphatic carbocycles. The molecule has 1 aromatic heterocycles. The minimum Gasteiger partial charge on any atom is -0.326 e. The zero-order valence-electron chi connectivity index (χ0n) is 11.7. The lowest BCUT2D eigenvalue weighted by molar-refractivity contribution is -0.116. The van der Waals surface area contributed by atoms with Crippen molar-refractivity contribution in [1.82, 2.24) is 4.57 Å². The van der Waals surface area contributed by atoms with Crippen LogP contribution in [0.25, 0.3) is 0 Å². The van der Waals surface area contributed by atoms with Gasteiger partial charge in [0.1, 0.15) is 0 Å². The quantitative estimate of drug-likeness (QED) is 0.928. The molecule has 0 bridgehead atoms. The van der Waals surface area contributed by atoms with Crippen LogP contribution in [0.4, 0.5) is 5.69 Å². The number of nitrogens with one attached hydrogen (secondary N) is 1. The number of benzene rings is 1. The second-order valence-electron chi connectivity index (χ2n) is 4.83. The van der Waals surface area contributed by atoms with Crippen molar-refractivity contribution in [2.75, 3.05) is 5.32 Å². The van der Waals surface area contributed by atoms with Gasteiger partial charge in [0.25, 0.3) is 5.56 Å². The van der Waals surface area contributed by atoms with E-state index in [1.54, 1.807) is 18.3 Å². The van der Waals surface area contributed by atoms with Gasteiger partial charge >= 0.3 is 0 Å². The van der Waals surface area contributed by atoms with E-state index in [1.807, 2.05) is 32.0 Å². The van der Waals surface area contributed by atoms with Crippen molar-refractivity contribution in [3.8, 4) is 0 Å². The van der Waals surface area contributed by atoms with E-state index in [0.717, 1.165) is 11.3 Å². The highest BCUT2D eigenvalue weighted by Crippen LogP contribution is 2.14. The molecule has 2 aromatic rings. The Kier molecular flexibility index (Phi) is 4.35. The number of nitrogens with zero attached hydrogens (tertiary/aromatic N) is 1. The predicted octanol–water partition coefficient (Wildman–Crippen LogP) is 2.49. The number of aryl methyl sites for hydroxylation is 3. The van der Waals surface area contributed by atoms with E-state index >= 15 is 0 Å². The lowest BCUT2D eigenvalue weighted by Gasteiger charge is -2.08. The third-order valence-corrected chi connectivity index (χ3v) is 3.27. The summed E-state index contributed by atoms with van der Waals surface area (Å²) >= 11 is 0. The van der Waals surface area contributed by atoms with Crippen molar-refractivity contribution in [3.63, 3.8) is 0 Å². The molecule has 0 aliphatic rings. The number of rotatable bonds is 4. The van der Waals surface area contributed by atoms with Gasteiger partial charge in [-0.15, -0.1) is 0 Å². The van der Waals surface area contributed by atoms with Gasteiger partial charge in [-0.25, -0.2) is 0 Å². The molecule has 2 rings (SSSR count). The zero-order chi connectivity index (χ0) is 14.5. The van der Waals surface area contributed by atoms with E-state index in [4.69, 9.17) is 0 Å². The molecule has 0 unspecified atom stereocenters. The molecule has 0 atom stereocenters. The smallest absolute Gasteiger partial charge is 0.250 e. The van der Waals surface area contributed by atoms with Gasteiger partial charge in [0.15, 0.2) is 0 Å². The van der Waals surface area contributed by atoms with Gasteiger partial charge in [-0.3, -0.25) is 9.59 Å². The highest BCUT2D eigenvalue weighted by Gasteiger charge is 2.04. The fourth-order valence-corrected chi connectivity index (χ4v) is 1.91. The number of carbonyl (C=O) groups is 1. The van der Waals surface area contributed by atoms with E-state index in [1.165, 1.54) is 16.2 Å². The molecule has 104 valence electrons. The largest absolute Gasteiger partial charge is 0.326 e. The standard InChI is InChI=1S/C16H18N2O2/c1-12-6-7-14(11-13(12)2)17-15(19)8-10-18-9-4-3-5-16(18)20/h3-7,9,11H,8,10H2,1-2H3,(H,17,19). The molecule has 20 heavy (non-hydrogen) atoms. The summed E-state index contributed by atoms with van der Waals surface area (Å²) in [7, 11) is 0. The summed E-state index contributed by atoms with van der Waals surface area (Å²) in [5.41, 5.74) is 3.03. The first kappa shape index (κ1) is 14.1. The molecule has 0 saturated heterocycles. The Labute approximate surface area is 118 Å². The van der Waals surface area contributed by atoms with Crippen molar-refractivity contribution in [3.05, 3.63) is 64.1 Å². The first-order valence-corrected chi connectivity index (χ1v) is 6.59. The Morgan fingerprint density at radius 3 is 2.65 bits per heavy atom. The zero-order valence-corrected chi connectivity index (χ0v) is 11.7. The number of anilines is 1. The van der Waals surface area contributed by atoms with Crippen LogP contribution < -0.4 is 10.9 Å². The number of pyridine rings is 1. The van der Waals surface area contributed by atoms with Crippen LogP contribution in [0.15, 0.2) is 47.4 Å². The summed E-state index contributed by atoms with van der Waals surface area (Å²) in [6.45, 7) is 4.42. The Balaban J connectivity index is 1.94. The molecule has 1 N–H and O–H groups in total. The normalized spacial score (nSPS) is 10.3. The maximum absolute atomic E-state index is 11.9. The van der Waals surface area contributed by atoms with Crippen molar-refractivity contribution < 1.29 is 4.79 Å². The predicted molar refractivity (Wildman–Crippen MR) is 79.9 cm³/mol. The lowest BCUT2D eigenvalue weighted by atomic mass is 10.1. The first-order valence-electron chi connectivity index (χ1n) is 6.59. The highest BCUT2D eigenvalue weighted by atomic mass is 16.1. The van der Waals surface area contributed by atoms with Crippen molar-refractivity contribution in [2.24, 2.45) is 0 Å².